The lowest BCUT2D eigenvalue weighted by Gasteiger charge is -2.07. The van der Waals surface area contributed by atoms with Crippen LogP contribution in [0.5, 0.6) is 0 Å². The highest BCUT2D eigenvalue weighted by Gasteiger charge is 2.13. The Labute approximate surface area is 157 Å². The van der Waals surface area contributed by atoms with Crippen molar-refractivity contribution in [3.05, 3.63) is 39.1 Å². The first-order valence-corrected chi connectivity index (χ1v) is 10.8. The summed E-state index contributed by atoms with van der Waals surface area (Å²) in [5.41, 5.74) is 0.825. The maximum Gasteiger partial charge on any atom is 0.260 e. The van der Waals surface area contributed by atoms with Crippen LogP contribution in [-0.2, 0) is 10.5 Å². The molecule has 8 heteroatoms. The van der Waals surface area contributed by atoms with Gasteiger partial charge in [0, 0.05) is 22.4 Å². The zero-order chi connectivity index (χ0) is 17.8. The van der Waals surface area contributed by atoms with Gasteiger partial charge in [0.15, 0.2) is 0 Å². The molecule has 3 heterocycles. The predicted octanol–water partition coefficient (Wildman–Crippen LogP) is 3.72. The lowest BCUT2D eigenvalue weighted by atomic mass is 10.2. The van der Waals surface area contributed by atoms with Gasteiger partial charge < -0.3 is 10.3 Å². The van der Waals surface area contributed by atoms with Crippen LogP contribution in [0.15, 0.2) is 27.7 Å². The summed E-state index contributed by atoms with van der Waals surface area (Å²) in [7, 11) is 0. The fourth-order valence-corrected chi connectivity index (χ4v) is 4.79. The third kappa shape index (κ3) is 4.50. The van der Waals surface area contributed by atoms with Gasteiger partial charge in [-0.2, -0.15) is 0 Å². The summed E-state index contributed by atoms with van der Waals surface area (Å²) in [6, 6.07) is 3.98. The molecule has 2 N–H and O–H groups in total. The number of fused-ring (bicyclic) bond motifs is 1. The van der Waals surface area contributed by atoms with Crippen molar-refractivity contribution in [3.8, 4) is 10.4 Å². The SMILES string of the molecule is CC(C)CNC(=O)CSCc1nc2scc(-c3cccs3)c2c(=O)[nH]1. The summed E-state index contributed by atoms with van der Waals surface area (Å²) in [6.07, 6.45) is 0. The average molecular weight is 394 g/mol. The summed E-state index contributed by atoms with van der Waals surface area (Å²) < 4.78 is 0. The molecule has 0 aromatic carbocycles. The van der Waals surface area contributed by atoms with Crippen molar-refractivity contribution < 1.29 is 4.79 Å². The van der Waals surface area contributed by atoms with Crippen molar-refractivity contribution >= 4 is 50.6 Å². The van der Waals surface area contributed by atoms with E-state index >= 15 is 0 Å². The fraction of sp³-hybridized carbons (Fsp3) is 0.353. The number of carbonyl (C=O) groups is 1. The minimum Gasteiger partial charge on any atom is -0.355 e. The topological polar surface area (TPSA) is 74.8 Å². The van der Waals surface area contributed by atoms with Crippen LogP contribution in [0.4, 0.5) is 0 Å². The van der Waals surface area contributed by atoms with Crippen LogP contribution in [0.1, 0.15) is 19.7 Å². The van der Waals surface area contributed by atoms with Crippen molar-refractivity contribution in [1.29, 1.82) is 0 Å². The van der Waals surface area contributed by atoms with Crippen LogP contribution in [-0.4, -0.2) is 28.2 Å². The summed E-state index contributed by atoms with van der Waals surface area (Å²) in [4.78, 5) is 33.4. The maximum atomic E-state index is 12.5. The zero-order valence-corrected chi connectivity index (χ0v) is 16.4. The molecule has 0 fully saturated rings. The lowest BCUT2D eigenvalue weighted by Crippen LogP contribution is -2.28. The molecule has 5 nitrogen and oxygen atoms in total. The third-order valence-electron chi connectivity index (χ3n) is 3.46. The molecule has 0 bridgehead atoms. The third-order valence-corrected chi connectivity index (χ3v) is 6.18. The Hall–Kier alpha value is -1.64. The van der Waals surface area contributed by atoms with E-state index in [4.69, 9.17) is 0 Å². The van der Waals surface area contributed by atoms with Gasteiger partial charge in [0.05, 0.1) is 16.9 Å². The summed E-state index contributed by atoms with van der Waals surface area (Å²) in [5, 5.41) is 7.51. The number of aromatic nitrogens is 2. The van der Waals surface area contributed by atoms with Crippen LogP contribution < -0.4 is 10.9 Å². The number of nitrogens with zero attached hydrogens (tertiary/aromatic N) is 1. The van der Waals surface area contributed by atoms with Gasteiger partial charge in [-0.3, -0.25) is 9.59 Å². The van der Waals surface area contributed by atoms with Gasteiger partial charge in [-0.15, -0.1) is 34.4 Å². The van der Waals surface area contributed by atoms with E-state index in [0.29, 0.717) is 35.2 Å². The lowest BCUT2D eigenvalue weighted by molar-refractivity contribution is -0.118. The van der Waals surface area contributed by atoms with Gasteiger partial charge in [0.2, 0.25) is 5.91 Å². The van der Waals surface area contributed by atoms with E-state index in [9.17, 15) is 9.59 Å². The Morgan fingerprint density at radius 3 is 2.96 bits per heavy atom. The number of rotatable bonds is 7. The Kier molecular flexibility index (Phi) is 5.93. The molecule has 0 radical (unpaired) electrons. The number of hydrogen-bond acceptors (Lipinski definition) is 6. The number of nitrogens with one attached hydrogen (secondary N) is 2. The highest BCUT2D eigenvalue weighted by atomic mass is 32.2. The molecule has 0 aliphatic rings. The number of thioether (sulfide) groups is 1. The normalized spacial score (nSPS) is 11.3. The second kappa shape index (κ2) is 8.16. The number of H-pyrrole nitrogens is 1. The van der Waals surface area contributed by atoms with Crippen LogP contribution in [0.2, 0.25) is 0 Å². The van der Waals surface area contributed by atoms with E-state index < -0.39 is 0 Å². The smallest absolute Gasteiger partial charge is 0.260 e. The quantitative estimate of drug-likeness (QED) is 0.641. The molecule has 3 aromatic rings. The molecule has 0 atom stereocenters. The molecule has 25 heavy (non-hydrogen) atoms. The van der Waals surface area contributed by atoms with Crippen LogP contribution >= 0.6 is 34.4 Å². The minimum atomic E-state index is -0.116. The highest BCUT2D eigenvalue weighted by molar-refractivity contribution is 7.99. The predicted molar refractivity (Wildman–Crippen MR) is 108 cm³/mol. The summed E-state index contributed by atoms with van der Waals surface area (Å²) >= 11 is 4.54. The highest BCUT2D eigenvalue weighted by Crippen LogP contribution is 2.33. The summed E-state index contributed by atoms with van der Waals surface area (Å²) in [6.45, 7) is 4.80. The Balaban J connectivity index is 1.68. The number of carbonyl (C=O) groups excluding carboxylic acids is 1. The molecule has 132 valence electrons. The Bertz CT molecular complexity index is 913. The Morgan fingerprint density at radius 1 is 1.40 bits per heavy atom. The van der Waals surface area contributed by atoms with Crippen LogP contribution in [0, 0.1) is 5.92 Å². The second-order valence-corrected chi connectivity index (χ2v) is 8.80. The van der Waals surface area contributed by atoms with Crippen molar-refractivity contribution in [2.75, 3.05) is 12.3 Å². The van der Waals surface area contributed by atoms with Gasteiger partial charge in [0.1, 0.15) is 10.7 Å². The first-order valence-electron chi connectivity index (χ1n) is 7.93. The van der Waals surface area contributed by atoms with Crippen molar-refractivity contribution in [2.45, 2.75) is 19.6 Å². The molecule has 1 amide bonds. The van der Waals surface area contributed by atoms with Gasteiger partial charge in [-0.25, -0.2) is 4.98 Å². The standard InChI is InChI=1S/C17H19N3O2S3/c1-10(2)6-18-14(21)9-23-8-13-19-16(22)15-11(7-25-17(15)20-13)12-4-3-5-24-12/h3-5,7,10H,6,8-9H2,1-2H3,(H,18,21)(H,19,20,22). The van der Waals surface area contributed by atoms with Gasteiger partial charge in [-0.1, -0.05) is 19.9 Å². The fourth-order valence-electron chi connectivity index (χ4n) is 2.28. The zero-order valence-electron chi connectivity index (χ0n) is 14.0. The van der Waals surface area contributed by atoms with E-state index in [1.807, 2.05) is 22.9 Å². The molecule has 0 aliphatic carbocycles. The minimum absolute atomic E-state index is 0.0123. The first-order chi connectivity index (χ1) is 12.0. The molecule has 0 aliphatic heterocycles. The van der Waals surface area contributed by atoms with E-state index in [1.165, 1.54) is 23.1 Å². The van der Waals surface area contributed by atoms with E-state index in [2.05, 4.69) is 29.1 Å². The molecule has 0 spiro atoms. The van der Waals surface area contributed by atoms with Crippen LogP contribution in [0.25, 0.3) is 20.7 Å². The summed E-state index contributed by atoms with van der Waals surface area (Å²) in [5.74, 6) is 1.93. The molecular weight excluding hydrogens is 374 g/mol. The van der Waals surface area contributed by atoms with E-state index in [0.717, 1.165) is 15.3 Å². The number of aromatic amines is 1. The van der Waals surface area contributed by atoms with Crippen molar-refractivity contribution in [3.63, 3.8) is 0 Å². The molecule has 3 aromatic heterocycles. The van der Waals surface area contributed by atoms with Gasteiger partial charge in [-0.05, 0) is 17.4 Å². The number of amides is 1. The molecule has 3 rings (SSSR count). The Morgan fingerprint density at radius 2 is 2.24 bits per heavy atom. The number of thiophene rings is 2. The monoisotopic (exact) mass is 393 g/mol. The second-order valence-electron chi connectivity index (χ2n) is 6.01. The maximum absolute atomic E-state index is 12.5. The van der Waals surface area contributed by atoms with Crippen molar-refractivity contribution in [1.82, 2.24) is 15.3 Å². The molecule has 0 saturated carbocycles. The van der Waals surface area contributed by atoms with Crippen LogP contribution in [0.3, 0.4) is 0 Å². The van der Waals surface area contributed by atoms with E-state index in [1.54, 1.807) is 11.3 Å². The molecular formula is C17H19N3O2S3. The van der Waals surface area contributed by atoms with Crippen molar-refractivity contribution in [2.24, 2.45) is 5.92 Å². The average Bonchev–Trinajstić information content (AvgIpc) is 3.21. The largest absolute Gasteiger partial charge is 0.355 e. The molecule has 0 saturated heterocycles. The first kappa shape index (κ1) is 18.2. The molecule has 0 unspecified atom stereocenters. The van der Waals surface area contributed by atoms with Gasteiger partial charge >= 0.3 is 0 Å². The van der Waals surface area contributed by atoms with E-state index in [-0.39, 0.29) is 11.5 Å². The number of hydrogen-bond donors (Lipinski definition) is 2. The van der Waals surface area contributed by atoms with Gasteiger partial charge in [0.25, 0.3) is 5.56 Å².